The molecule has 0 spiro atoms. The van der Waals surface area contributed by atoms with Crippen LogP contribution in [0.25, 0.3) is 0 Å². The number of aromatic nitrogens is 1. The first-order valence-corrected chi connectivity index (χ1v) is 12.6. The summed E-state index contributed by atoms with van der Waals surface area (Å²) in [6.07, 6.45) is 2.93. The summed E-state index contributed by atoms with van der Waals surface area (Å²) in [4.78, 5) is 4.22. The minimum Gasteiger partial charge on any atom is -0.411 e. The molecule has 1 aliphatic carbocycles. The van der Waals surface area contributed by atoms with Gasteiger partial charge in [-0.3, -0.25) is 4.98 Å². The van der Waals surface area contributed by atoms with Crippen molar-refractivity contribution in [3.05, 3.63) is 23.5 Å². The maximum absolute atomic E-state index is 12.7. The van der Waals surface area contributed by atoms with E-state index in [0.717, 1.165) is 12.8 Å². The van der Waals surface area contributed by atoms with Gasteiger partial charge in [-0.1, -0.05) is 20.8 Å². The SMILES string of the molecule is CC(C)(C)[Si](C)(C)OCc1cc(OS(=O)(=O)C(F)(F)F)c(C2CC2)cn1. The predicted octanol–water partition coefficient (Wildman–Crippen LogP) is 4.71. The molecule has 0 atom stereocenters. The van der Waals surface area contributed by atoms with Crippen LogP contribution in [0.4, 0.5) is 13.2 Å². The molecule has 26 heavy (non-hydrogen) atoms. The van der Waals surface area contributed by atoms with Gasteiger partial charge in [-0.2, -0.15) is 21.6 Å². The van der Waals surface area contributed by atoms with E-state index in [1.165, 1.54) is 12.3 Å². The van der Waals surface area contributed by atoms with E-state index in [1.54, 1.807) is 0 Å². The normalized spacial score (nSPS) is 16.6. The molecule has 1 aromatic rings. The predicted molar refractivity (Wildman–Crippen MR) is 93.8 cm³/mol. The van der Waals surface area contributed by atoms with Crippen molar-refractivity contribution in [2.24, 2.45) is 0 Å². The molecule has 5 nitrogen and oxygen atoms in total. The molecule has 0 radical (unpaired) electrons. The van der Waals surface area contributed by atoms with Crippen molar-refractivity contribution >= 4 is 18.4 Å². The standard InChI is InChI=1S/C16H24F3NO4SSi/c1-15(2,3)26(4,5)23-10-12-8-14(13(9-20-12)11-6-7-11)24-25(21,22)16(17,18)19/h8-9,11H,6-7,10H2,1-5H3. The van der Waals surface area contributed by atoms with Crippen LogP contribution in [-0.4, -0.2) is 27.2 Å². The summed E-state index contributed by atoms with van der Waals surface area (Å²) in [6, 6.07) is 1.24. The van der Waals surface area contributed by atoms with Crippen molar-refractivity contribution in [2.45, 2.75) is 69.8 Å². The quantitative estimate of drug-likeness (QED) is 0.385. The number of rotatable bonds is 6. The topological polar surface area (TPSA) is 65.5 Å². The lowest BCUT2D eigenvalue weighted by Crippen LogP contribution is -2.40. The number of hydrogen-bond donors (Lipinski definition) is 0. The second kappa shape index (κ2) is 6.79. The molecule has 0 aromatic carbocycles. The molecule has 148 valence electrons. The first-order chi connectivity index (χ1) is 11.6. The highest BCUT2D eigenvalue weighted by Gasteiger charge is 2.49. The van der Waals surface area contributed by atoms with Crippen molar-refractivity contribution in [3.8, 4) is 5.75 Å². The van der Waals surface area contributed by atoms with Gasteiger partial charge in [-0.05, 0) is 36.9 Å². The van der Waals surface area contributed by atoms with Gasteiger partial charge >= 0.3 is 15.6 Å². The average Bonchev–Trinajstić information content (AvgIpc) is 3.27. The first kappa shape index (κ1) is 21.2. The van der Waals surface area contributed by atoms with Crippen molar-refractivity contribution in [3.63, 3.8) is 0 Å². The van der Waals surface area contributed by atoms with Gasteiger partial charge in [0.2, 0.25) is 0 Å². The Morgan fingerprint density at radius 1 is 1.23 bits per heavy atom. The minimum absolute atomic E-state index is 0.0173. The average molecular weight is 412 g/mol. The van der Waals surface area contributed by atoms with E-state index in [-0.39, 0.29) is 23.3 Å². The van der Waals surface area contributed by atoms with E-state index in [9.17, 15) is 21.6 Å². The first-order valence-electron chi connectivity index (χ1n) is 8.27. The van der Waals surface area contributed by atoms with Gasteiger partial charge in [0, 0.05) is 17.8 Å². The molecule has 0 aliphatic heterocycles. The van der Waals surface area contributed by atoms with Crippen LogP contribution in [0.2, 0.25) is 18.1 Å². The molecule has 1 aliphatic rings. The fourth-order valence-electron chi connectivity index (χ4n) is 1.98. The number of hydrogen-bond acceptors (Lipinski definition) is 5. The number of pyridine rings is 1. The lowest BCUT2D eigenvalue weighted by molar-refractivity contribution is -0.0500. The summed E-state index contributed by atoms with van der Waals surface area (Å²) in [7, 11) is -7.81. The molecular formula is C16H24F3NO4SSi. The van der Waals surface area contributed by atoms with Gasteiger partial charge in [-0.15, -0.1) is 0 Å². The summed E-state index contributed by atoms with van der Waals surface area (Å²) in [5.41, 5.74) is -4.75. The number of alkyl halides is 3. The summed E-state index contributed by atoms with van der Waals surface area (Å²) >= 11 is 0. The third kappa shape index (κ3) is 4.77. The Labute approximate surface area is 153 Å². The van der Waals surface area contributed by atoms with E-state index < -0.39 is 23.9 Å². The van der Waals surface area contributed by atoms with E-state index >= 15 is 0 Å². The monoisotopic (exact) mass is 411 g/mol. The Hall–Kier alpha value is -1.13. The van der Waals surface area contributed by atoms with Crippen LogP contribution < -0.4 is 4.18 Å². The second-order valence-electron chi connectivity index (χ2n) is 8.02. The Morgan fingerprint density at radius 3 is 2.27 bits per heavy atom. The summed E-state index contributed by atoms with van der Waals surface area (Å²) < 4.78 is 71.1. The maximum atomic E-state index is 12.7. The van der Waals surface area contributed by atoms with Crippen LogP contribution in [-0.2, 0) is 21.2 Å². The van der Waals surface area contributed by atoms with Crippen molar-refractivity contribution in [1.82, 2.24) is 4.98 Å². The smallest absolute Gasteiger partial charge is 0.411 e. The van der Waals surface area contributed by atoms with Crippen LogP contribution in [0.1, 0.15) is 50.8 Å². The zero-order chi connectivity index (χ0) is 20.0. The van der Waals surface area contributed by atoms with E-state index in [2.05, 4.69) is 29.9 Å². The van der Waals surface area contributed by atoms with Gasteiger partial charge in [0.15, 0.2) is 8.32 Å². The summed E-state index contributed by atoms with van der Waals surface area (Å²) in [6.45, 7) is 10.4. The highest BCUT2D eigenvalue weighted by Crippen LogP contribution is 2.45. The van der Waals surface area contributed by atoms with Gasteiger partial charge in [0.05, 0.1) is 12.3 Å². The number of halogens is 3. The molecule has 0 bridgehead atoms. The van der Waals surface area contributed by atoms with Crippen LogP contribution in [0.15, 0.2) is 12.3 Å². The Bertz CT molecular complexity index is 769. The second-order valence-corrected chi connectivity index (χ2v) is 14.4. The Morgan fingerprint density at radius 2 is 1.81 bits per heavy atom. The van der Waals surface area contributed by atoms with E-state index in [0.29, 0.717) is 11.3 Å². The molecular weight excluding hydrogens is 387 g/mol. The largest absolute Gasteiger partial charge is 0.534 e. The minimum atomic E-state index is -5.72. The van der Waals surface area contributed by atoms with Gasteiger partial charge in [-0.25, -0.2) is 0 Å². The highest BCUT2D eigenvalue weighted by molar-refractivity contribution is 7.88. The molecule has 1 fully saturated rings. The third-order valence-corrected chi connectivity index (χ3v) is 10.3. The van der Waals surface area contributed by atoms with E-state index in [1.807, 2.05) is 13.1 Å². The molecule has 10 heteroatoms. The zero-order valence-corrected chi connectivity index (χ0v) is 17.3. The molecule has 0 unspecified atom stereocenters. The molecule has 1 aromatic heterocycles. The van der Waals surface area contributed by atoms with Crippen LogP contribution in [0, 0.1) is 0 Å². The maximum Gasteiger partial charge on any atom is 0.534 e. The molecule has 2 rings (SSSR count). The van der Waals surface area contributed by atoms with Crippen LogP contribution >= 0.6 is 0 Å². The lowest BCUT2D eigenvalue weighted by atomic mass is 10.1. The van der Waals surface area contributed by atoms with Crippen LogP contribution in [0.5, 0.6) is 5.75 Å². The van der Waals surface area contributed by atoms with Gasteiger partial charge in [0.25, 0.3) is 0 Å². The van der Waals surface area contributed by atoms with Crippen molar-refractivity contribution < 1.29 is 30.2 Å². The van der Waals surface area contributed by atoms with Gasteiger partial charge < -0.3 is 8.61 Å². The summed E-state index contributed by atoms with van der Waals surface area (Å²) in [5.74, 6) is -0.329. The highest BCUT2D eigenvalue weighted by atomic mass is 32.2. The lowest BCUT2D eigenvalue weighted by Gasteiger charge is -2.36. The van der Waals surface area contributed by atoms with Crippen molar-refractivity contribution in [2.75, 3.05) is 0 Å². The fourth-order valence-corrected chi connectivity index (χ4v) is 3.39. The Balaban J connectivity index is 2.26. The zero-order valence-electron chi connectivity index (χ0n) is 15.5. The number of nitrogens with zero attached hydrogens (tertiary/aromatic N) is 1. The molecule has 0 saturated heterocycles. The van der Waals surface area contributed by atoms with E-state index in [4.69, 9.17) is 4.43 Å². The Kier molecular flexibility index (Phi) is 5.53. The molecule has 1 heterocycles. The fraction of sp³-hybridized carbons (Fsp3) is 0.688. The molecule has 0 N–H and O–H groups in total. The van der Waals surface area contributed by atoms with Gasteiger partial charge in [0.1, 0.15) is 5.75 Å². The summed E-state index contributed by atoms with van der Waals surface area (Å²) in [5, 5.41) is -0.0418. The molecule has 1 saturated carbocycles. The third-order valence-electron chi connectivity index (χ3n) is 4.84. The van der Waals surface area contributed by atoms with Crippen LogP contribution in [0.3, 0.4) is 0 Å². The van der Waals surface area contributed by atoms with Crippen molar-refractivity contribution in [1.29, 1.82) is 0 Å². The molecule has 0 amide bonds.